The van der Waals surface area contributed by atoms with Gasteiger partial charge in [0.1, 0.15) is 12.6 Å². The summed E-state index contributed by atoms with van der Waals surface area (Å²) >= 11 is 0. The smallest absolute Gasteiger partial charge is 0.408 e. The van der Waals surface area contributed by atoms with E-state index in [2.05, 4.69) is 20.6 Å². The summed E-state index contributed by atoms with van der Waals surface area (Å²) < 4.78 is 5.28. The molecule has 0 aliphatic carbocycles. The third kappa shape index (κ3) is 9.57. The van der Waals surface area contributed by atoms with Crippen LogP contribution in [0.3, 0.4) is 0 Å². The zero-order valence-corrected chi connectivity index (χ0v) is 22.6. The lowest BCUT2D eigenvalue weighted by Gasteiger charge is -2.29. The number of rotatable bonds is 14. The number of hydrogen-bond donors (Lipinski definition) is 4. The normalized spacial score (nSPS) is 11.8. The highest BCUT2D eigenvalue weighted by molar-refractivity contribution is 5.90. The number of H-pyrrole nitrogens is 1. The van der Waals surface area contributed by atoms with E-state index >= 15 is 0 Å². The maximum Gasteiger partial charge on any atom is 0.408 e. The second-order valence-corrected chi connectivity index (χ2v) is 9.95. The largest absolute Gasteiger partial charge is 0.481 e. The number of carbonyl (C=O) groups is 4. The molecule has 212 valence electrons. The van der Waals surface area contributed by atoms with Gasteiger partial charge in [0.05, 0.1) is 25.0 Å². The van der Waals surface area contributed by atoms with Crippen molar-refractivity contribution in [2.24, 2.45) is 0 Å². The number of aromatic amines is 1. The molecule has 11 heteroatoms. The standard InChI is InChI=1S/C29H35N5O6/c1-29(2,22-11-7-4-8-12-22)19-31-25(35)17-34(14-13-26(36)37)27(38)24(15-23-16-30-20-32-23)33-28(39)40-18-21-9-5-3-6-10-21/h3-12,16,20,24H,13-15,17-19H2,1-2H3,(H,30,32)(H,31,35)(H,33,39)(H,36,37)/t24-/m0/s1. The van der Waals surface area contributed by atoms with Crippen LogP contribution in [0.25, 0.3) is 0 Å². The van der Waals surface area contributed by atoms with Gasteiger partial charge in [-0.3, -0.25) is 14.4 Å². The minimum Gasteiger partial charge on any atom is -0.481 e. The number of carboxylic acid groups (broad SMARTS) is 1. The third-order valence-corrected chi connectivity index (χ3v) is 6.30. The van der Waals surface area contributed by atoms with E-state index in [1.54, 1.807) is 18.3 Å². The molecule has 0 unspecified atom stereocenters. The van der Waals surface area contributed by atoms with Crippen molar-refractivity contribution in [3.8, 4) is 0 Å². The molecule has 0 aliphatic rings. The molecule has 0 saturated heterocycles. The number of imidazole rings is 1. The second kappa shape index (κ2) is 14.5. The number of alkyl carbamates (subject to hydrolysis) is 1. The van der Waals surface area contributed by atoms with Crippen LogP contribution >= 0.6 is 0 Å². The highest BCUT2D eigenvalue weighted by Gasteiger charge is 2.30. The Morgan fingerprint density at radius 1 is 1.05 bits per heavy atom. The molecule has 0 radical (unpaired) electrons. The average molecular weight is 550 g/mol. The molecule has 0 saturated carbocycles. The first-order chi connectivity index (χ1) is 19.1. The molecule has 2 aromatic carbocycles. The molecule has 40 heavy (non-hydrogen) atoms. The summed E-state index contributed by atoms with van der Waals surface area (Å²) in [7, 11) is 0. The molecular formula is C29H35N5O6. The van der Waals surface area contributed by atoms with Gasteiger partial charge in [0.25, 0.3) is 0 Å². The van der Waals surface area contributed by atoms with Crippen LogP contribution < -0.4 is 10.6 Å². The predicted octanol–water partition coefficient (Wildman–Crippen LogP) is 2.64. The lowest BCUT2D eigenvalue weighted by Crippen LogP contribution is -2.53. The number of nitrogens with zero attached hydrogens (tertiary/aromatic N) is 2. The van der Waals surface area contributed by atoms with E-state index in [1.165, 1.54) is 6.33 Å². The molecule has 0 aliphatic heterocycles. The average Bonchev–Trinajstić information content (AvgIpc) is 3.46. The van der Waals surface area contributed by atoms with Crippen molar-refractivity contribution in [2.75, 3.05) is 19.6 Å². The Kier molecular flexibility index (Phi) is 10.8. The molecule has 3 amide bonds. The van der Waals surface area contributed by atoms with E-state index in [1.807, 2.05) is 62.4 Å². The van der Waals surface area contributed by atoms with E-state index < -0.39 is 29.9 Å². The van der Waals surface area contributed by atoms with Crippen molar-refractivity contribution in [1.29, 1.82) is 0 Å². The van der Waals surface area contributed by atoms with E-state index in [4.69, 9.17) is 4.74 Å². The van der Waals surface area contributed by atoms with Crippen LogP contribution in [0, 0.1) is 0 Å². The fourth-order valence-electron chi connectivity index (χ4n) is 3.98. The third-order valence-electron chi connectivity index (χ3n) is 6.30. The van der Waals surface area contributed by atoms with E-state index in [0.717, 1.165) is 16.0 Å². The van der Waals surface area contributed by atoms with Gasteiger partial charge < -0.3 is 30.4 Å². The van der Waals surface area contributed by atoms with Gasteiger partial charge in [0.15, 0.2) is 0 Å². The van der Waals surface area contributed by atoms with Crippen molar-refractivity contribution < 1.29 is 29.0 Å². The number of aromatic nitrogens is 2. The number of amides is 3. The molecule has 3 aromatic rings. The summed E-state index contributed by atoms with van der Waals surface area (Å²) in [4.78, 5) is 58.5. The number of benzene rings is 2. The summed E-state index contributed by atoms with van der Waals surface area (Å²) in [5.74, 6) is -2.20. The predicted molar refractivity (Wildman–Crippen MR) is 147 cm³/mol. The molecular weight excluding hydrogens is 514 g/mol. The van der Waals surface area contributed by atoms with Crippen LogP contribution in [0.15, 0.2) is 73.2 Å². The molecule has 1 atom stereocenters. The maximum atomic E-state index is 13.6. The Morgan fingerprint density at radius 3 is 2.35 bits per heavy atom. The van der Waals surface area contributed by atoms with Crippen molar-refractivity contribution in [2.45, 2.75) is 44.8 Å². The first kappa shape index (κ1) is 29.9. The molecule has 11 nitrogen and oxygen atoms in total. The van der Waals surface area contributed by atoms with Crippen molar-refractivity contribution >= 4 is 23.9 Å². The van der Waals surface area contributed by atoms with E-state index in [9.17, 15) is 24.3 Å². The Balaban J connectivity index is 1.69. The van der Waals surface area contributed by atoms with Gasteiger partial charge in [0, 0.05) is 31.1 Å². The number of ether oxygens (including phenoxy) is 1. The molecule has 0 fully saturated rings. The van der Waals surface area contributed by atoms with Crippen molar-refractivity contribution in [3.05, 3.63) is 90.0 Å². The van der Waals surface area contributed by atoms with Gasteiger partial charge in [-0.05, 0) is 11.1 Å². The van der Waals surface area contributed by atoms with Crippen LogP contribution in [0.5, 0.6) is 0 Å². The molecule has 0 bridgehead atoms. The van der Waals surface area contributed by atoms with Gasteiger partial charge in [-0.25, -0.2) is 9.78 Å². The quantitative estimate of drug-likeness (QED) is 0.241. The Hall–Kier alpha value is -4.67. The zero-order valence-electron chi connectivity index (χ0n) is 22.6. The molecule has 1 heterocycles. The summed E-state index contributed by atoms with van der Waals surface area (Å²) in [6.07, 6.45) is 1.83. The molecule has 0 spiro atoms. The lowest BCUT2D eigenvalue weighted by molar-refractivity contribution is -0.141. The van der Waals surface area contributed by atoms with E-state index in [0.29, 0.717) is 12.2 Å². The Labute approximate surface area is 232 Å². The number of hydrogen-bond acceptors (Lipinski definition) is 6. The monoisotopic (exact) mass is 549 g/mol. The number of nitrogens with one attached hydrogen (secondary N) is 3. The summed E-state index contributed by atoms with van der Waals surface area (Å²) in [5.41, 5.74) is 1.92. The SMILES string of the molecule is CC(C)(CNC(=O)CN(CCC(=O)O)C(=O)[C@H](Cc1c[nH]cn1)NC(=O)OCc1ccccc1)c1ccccc1. The van der Waals surface area contributed by atoms with Gasteiger partial charge in [-0.15, -0.1) is 0 Å². The highest BCUT2D eigenvalue weighted by Crippen LogP contribution is 2.21. The number of carboxylic acids is 1. The maximum absolute atomic E-state index is 13.6. The summed E-state index contributed by atoms with van der Waals surface area (Å²) in [6, 6.07) is 17.6. The van der Waals surface area contributed by atoms with Crippen LogP contribution in [-0.4, -0.2) is 69.5 Å². The summed E-state index contributed by atoms with van der Waals surface area (Å²) in [5, 5.41) is 14.6. The Bertz CT molecular complexity index is 1250. The van der Waals surface area contributed by atoms with Gasteiger partial charge in [0.2, 0.25) is 11.8 Å². The molecule has 4 N–H and O–H groups in total. The fraction of sp³-hybridized carbons (Fsp3) is 0.345. The zero-order chi connectivity index (χ0) is 29.0. The van der Waals surface area contributed by atoms with Crippen LogP contribution in [0.1, 0.15) is 37.1 Å². The number of aliphatic carboxylic acids is 1. The summed E-state index contributed by atoms with van der Waals surface area (Å²) in [6.45, 7) is 3.67. The van der Waals surface area contributed by atoms with Gasteiger partial charge >= 0.3 is 12.1 Å². The van der Waals surface area contributed by atoms with Gasteiger partial charge in [-0.1, -0.05) is 74.5 Å². The van der Waals surface area contributed by atoms with Crippen molar-refractivity contribution in [1.82, 2.24) is 25.5 Å². The first-order valence-corrected chi connectivity index (χ1v) is 12.9. The minimum atomic E-state index is -1.14. The van der Waals surface area contributed by atoms with Crippen LogP contribution in [0.2, 0.25) is 0 Å². The molecule has 3 rings (SSSR count). The topological polar surface area (TPSA) is 154 Å². The van der Waals surface area contributed by atoms with E-state index in [-0.39, 0.29) is 38.0 Å². The van der Waals surface area contributed by atoms with Crippen LogP contribution in [0.4, 0.5) is 4.79 Å². The molecule has 1 aromatic heterocycles. The fourth-order valence-corrected chi connectivity index (χ4v) is 3.98. The minimum absolute atomic E-state index is 0.00166. The first-order valence-electron chi connectivity index (χ1n) is 12.9. The van der Waals surface area contributed by atoms with Gasteiger partial charge in [-0.2, -0.15) is 0 Å². The Morgan fingerprint density at radius 2 is 1.73 bits per heavy atom. The second-order valence-electron chi connectivity index (χ2n) is 9.95. The number of carbonyl (C=O) groups excluding carboxylic acids is 3. The van der Waals surface area contributed by atoms with Crippen LogP contribution in [-0.2, 0) is 37.6 Å². The highest BCUT2D eigenvalue weighted by atomic mass is 16.5. The lowest BCUT2D eigenvalue weighted by atomic mass is 9.84. The van der Waals surface area contributed by atoms with Crippen molar-refractivity contribution in [3.63, 3.8) is 0 Å².